The zero-order valence-corrected chi connectivity index (χ0v) is 9.53. The van der Waals surface area contributed by atoms with Crippen molar-refractivity contribution in [3.05, 3.63) is 60.6 Å². The predicted molar refractivity (Wildman–Crippen MR) is 70.4 cm³/mol. The van der Waals surface area contributed by atoms with Crippen molar-refractivity contribution in [1.82, 2.24) is 0 Å². The molecule has 0 aromatic heterocycles. The lowest BCUT2D eigenvalue weighted by Crippen LogP contribution is -1.94. The Hall–Kier alpha value is -1.53. The lowest BCUT2D eigenvalue weighted by Gasteiger charge is -2.01. The van der Waals surface area contributed by atoms with Gasteiger partial charge in [0.1, 0.15) is 0 Å². The second kappa shape index (κ2) is 5.38. The number of rotatable bonds is 4. The normalized spacial score (nSPS) is 11.2. The first-order valence-corrected chi connectivity index (χ1v) is 5.52. The number of hydrogen-bond acceptors (Lipinski definition) is 2. The lowest BCUT2D eigenvalue weighted by molar-refractivity contribution is 1.45. The van der Waals surface area contributed by atoms with E-state index in [2.05, 4.69) is 13.2 Å². The van der Waals surface area contributed by atoms with Gasteiger partial charge in [-0.3, -0.25) is 0 Å². The third kappa shape index (κ3) is 4.48. The van der Waals surface area contributed by atoms with Crippen LogP contribution in [0.2, 0.25) is 0 Å². The minimum absolute atomic E-state index is 0.540. The highest BCUT2D eigenvalue weighted by atomic mass is 31.1. The Morgan fingerprint density at radius 1 is 1.13 bits per heavy atom. The molecule has 0 aliphatic heterocycles. The fraction of sp³-hybridized carbons (Fsp3) is 0. The van der Waals surface area contributed by atoms with Gasteiger partial charge in [-0.1, -0.05) is 39.9 Å². The van der Waals surface area contributed by atoms with E-state index in [4.69, 9.17) is 11.5 Å². The summed E-state index contributed by atoms with van der Waals surface area (Å²) in [5, 5.41) is 2.23. The predicted octanol–water partition coefficient (Wildman–Crippen LogP) is 2.11. The van der Waals surface area contributed by atoms with Gasteiger partial charge in [-0.25, -0.2) is 0 Å². The monoisotopic (exact) mass is 218 g/mol. The van der Waals surface area contributed by atoms with Crippen LogP contribution in [-0.2, 0) is 0 Å². The van der Waals surface area contributed by atoms with Crippen LogP contribution in [0.3, 0.4) is 0 Å². The summed E-state index contributed by atoms with van der Waals surface area (Å²) in [6, 6.07) is 7.79. The molecule has 0 heterocycles. The lowest BCUT2D eigenvalue weighted by atomic mass is 10.3. The molecule has 1 aromatic rings. The van der Waals surface area contributed by atoms with Crippen molar-refractivity contribution in [2.24, 2.45) is 5.73 Å². The first-order valence-electron chi connectivity index (χ1n) is 4.52. The molecule has 0 amide bonds. The summed E-state index contributed by atoms with van der Waals surface area (Å²) in [4.78, 5) is 0. The average molecular weight is 218 g/mol. The smallest absolute Gasteiger partial charge is 0.0314 e. The molecule has 0 bridgehead atoms. The molecule has 0 saturated heterocycles. The summed E-state index contributed by atoms with van der Waals surface area (Å²) in [6.07, 6.45) is 3.64. The molecule has 0 spiro atoms. The first-order chi connectivity index (χ1) is 7.08. The fourth-order valence-corrected chi connectivity index (χ4v) is 1.87. The molecule has 3 heteroatoms. The molecule has 1 atom stereocenters. The average Bonchev–Trinajstić information content (AvgIpc) is 2.19. The molecule has 15 heavy (non-hydrogen) atoms. The topological polar surface area (TPSA) is 52.0 Å². The van der Waals surface area contributed by atoms with Gasteiger partial charge in [0, 0.05) is 11.4 Å². The summed E-state index contributed by atoms with van der Waals surface area (Å²) in [5.41, 5.74) is 12.3. The molecule has 0 aliphatic rings. The number of nitrogen functional groups attached to an aromatic ring is 1. The minimum atomic E-state index is 0.540. The molecule has 1 aromatic carbocycles. The van der Waals surface area contributed by atoms with Crippen molar-refractivity contribution in [1.29, 1.82) is 0 Å². The van der Waals surface area contributed by atoms with E-state index in [1.54, 1.807) is 6.08 Å². The second-order valence-corrected chi connectivity index (χ2v) is 4.65. The number of benzene rings is 1. The fourth-order valence-electron chi connectivity index (χ4n) is 1.00. The second-order valence-electron chi connectivity index (χ2n) is 3.18. The van der Waals surface area contributed by atoms with Crippen LogP contribution in [0.5, 0.6) is 0 Å². The highest BCUT2D eigenvalue weighted by molar-refractivity contribution is 7.52. The summed E-state index contributed by atoms with van der Waals surface area (Å²) in [5.74, 6) is 0. The van der Waals surface area contributed by atoms with Gasteiger partial charge in [0.25, 0.3) is 0 Å². The summed E-state index contributed by atoms with van der Waals surface area (Å²) in [6.45, 7) is 7.52. The van der Waals surface area contributed by atoms with Crippen molar-refractivity contribution in [2.45, 2.75) is 0 Å². The van der Waals surface area contributed by atoms with Crippen LogP contribution < -0.4 is 16.8 Å². The van der Waals surface area contributed by atoms with Crippen LogP contribution in [0.4, 0.5) is 5.69 Å². The molecule has 1 unspecified atom stereocenters. The first kappa shape index (κ1) is 11.5. The molecule has 0 radical (unpaired) electrons. The Morgan fingerprint density at radius 2 is 1.73 bits per heavy atom. The zero-order valence-electron chi connectivity index (χ0n) is 8.53. The molecule has 0 fully saturated rings. The zero-order chi connectivity index (χ0) is 11.3. The highest BCUT2D eigenvalue weighted by Gasteiger charge is 1.93. The van der Waals surface area contributed by atoms with E-state index in [-0.39, 0.29) is 0 Å². The van der Waals surface area contributed by atoms with Crippen molar-refractivity contribution < 1.29 is 0 Å². The van der Waals surface area contributed by atoms with Crippen molar-refractivity contribution >= 4 is 19.6 Å². The Morgan fingerprint density at radius 3 is 2.27 bits per heavy atom. The van der Waals surface area contributed by atoms with E-state index >= 15 is 0 Å². The van der Waals surface area contributed by atoms with E-state index in [1.165, 1.54) is 5.30 Å². The Labute approximate surface area is 92.1 Å². The van der Waals surface area contributed by atoms with Gasteiger partial charge in [-0.15, -0.1) is 0 Å². The SMILES string of the molecule is C=C(N)/C=C\C(=C)Pc1ccc(N)cc1. The van der Waals surface area contributed by atoms with Gasteiger partial charge < -0.3 is 11.5 Å². The molecular weight excluding hydrogens is 203 g/mol. The molecule has 0 saturated carbocycles. The van der Waals surface area contributed by atoms with Crippen LogP contribution >= 0.6 is 8.58 Å². The van der Waals surface area contributed by atoms with Gasteiger partial charge in [0.2, 0.25) is 0 Å². The standard InChI is InChI=1S/C12H15N2P/c1-9(13)3-4-10(2)15-12-7-5-11(14)6-8-12/h3-8,15H,1-2,13-14H2/b4-3-. The van der Waals surface area contributed by atoms with E-state index < -0.39 is 0 Å². The van der Waals surface area contributed by atoms with Gasteiger partial charge >= 0.3 is 0 Å². The molecule has 4 N–H and O–H groups in total. The van der Waals surface area contributed by atoms with Gasteiger partial charge in [-0.05, 0) is 28.8 Å². The van der Waals surface area contributed by atoms with Gasteiger partial charge in [-0.2, -0.15) is 0 Å². The summed E-state index contributed by atoms with van der Waals surface area (Å²) in [7, 11) is 0.541. The van der Waals surface area contributed by atoms with E-state index in [0.29, 0.717) is 14.3 Å². The summed E-state index contributed by atoms with van der Waals surface area (Å²) < 4.78 is 0. The van der Waals surface area contributed by atoms with Crippen LogP contribution in [0.25, 0.3) is 0 Å². The maximum absolute atomic E-state index is 5.59. The Balaban J connectivity index is 2.59. The van der Waals surface area contributed by atoms with Gasteiger partial charge in [0.05, 0.1) is 0 Å². The largest absolute Gasteiger partial charge is 0.399 e. The number of nitrogens with two attached hydrogens (primary N) is 2. The van der Waals surface area contributed by atoms with Crippen LogP contribution in [0, 0.1) is 0 Å². The minimum Gasteiger partial charge on any atom is -0.399 e. The molecule has 0 aliphatic carbocycles. The molecule has 78 valence electrons. The van der Waals surface area contributed by atoms with Crippen LogP contribution in [0.15, 0.2) is 60.6 Å². The third-order valence-corrected chi connectivity index (χ3v) is 2.82. The van der Waals surface area contributed by atoms with E-state index in [1.807, 2.05) is 30.3 Å². The molecular formula is C12H15N2P. The Bertz CT molecular complexity index is 391. The number of anilines is 1. The molecule has 1 rings (SSSR count). The third-order valence-electron chi connectivity index (χ3n) is 1.71. The van der Waals surface area contributed by atoms with Crippen molar-refractivity contribution in [3.63, 3.8) is 0 Å². The Kier molecular flexibility index (Phi) is 4.14. The molecule has 2 nitrogen and oxygen atoms in total. The highest BCUT2D eigenvalue weighted by Crippen LogP contribution is 2.22. The van der Waals surface area contributed by atoms with E-state index in [0.717, 1.165) is 11.0 Å². The van der Waals surface area contributed by atoms with E-state index in [9.17, 15) is 0 Å². The van der Waals surface area contributed by atoms with Crippen molar-refractivity contribution in [3.8, 4) is 0 Å². The van der Waals surface area contributed by atoms with Crippen LogP contribution in [-0.4, -0.2) is 0 Å². The maximum Gasteiger partial charge on any atom is 0.0314 e. The van der Waals surface area contributed by atoms with Crippen LogP contribution in [0.1, 0.15) is 0 Å². The maximum atomic E-state index is 5.59. The summed E-state index contributed by atoms with van der Waals surface area (Å²) >= 11 is 0. The van der Waals surface area contributed by atoms with Crippen molar-refractivity contribution in [2.75, 3.05) is 5.73 Å². The number of allylic oxidation sites excluding steroid dienone is 3. The quantitative estimate of drug-likeness (QED) is 0.462. The van der Waals surface area contributed by atoms with Gasteiger partial charge in [0.15, 0.2) is 0 Å². The number of hydrogen-bond donors (Lipinski definition) is 2.